The first-order valence-electron chi connectivity index (χ1n) is 5.68. The molecule has 0 aromatic heterocycles. The summed E-state index contributed by atoms with van der Waals surface area (Å²) < 4.78 is 26.2. The predicted octanol–water partition coefficient (Wildman–Crippen LogP) is 2.46. The Morgan fingerprint density at radius 1 is 1.35 bits per heavy atom. The maximum atomic E-state index is 13.3. The second-order valence-electron chi connectivity index (χ2n) is 4.29. The van der Waals surface area contributed by atoms with Crippen LogP contribution >= 0.6 is 0 Å². The monoisotopic (exact) mass is 241 g/mol. The molecular weight excluding hydrogens is 224 g/mol. The molecule has 0 spiro atoms. The van der Waals surface area contributed by atoms with Gasteiger partial charge in [0.2, 0.25) is 0 Å². The van der Waals surface area contributed by atoms with Crippen molar-refractivity contribution in [3.63, 3.8) is 0 Å². The van der Waals surface area contributed by atoms with Gasteiger partial charge in [0.25, 0.3) is 0 Å². The maximum absolute atomic E-state index is 13.3. The lowest BCUT2D eigenvalue weighted by Crippen LogP contribution is -2.25. The molecule has 1 aromatic rings. The summed E-state index contributed by atoms with van der Waals surface area (Å²) in [5, 5.41) is 3.10. The van der Waals surface area contributed by atoms with Crippen LogP contribution in [0.5, 0.6) is 0 Å². The van der Waals surface area contributed by atoms with E-state index >= 15 is 0 Å². The van der Waals surface area contributed by atoms with Crippen molar-refractivity contribution in [2.45, 2.75) is 32.7 Å². The molecule has 0 fully saturated rings. The van der Waals surface area contributed by atoms with Crippen molar-refractivity contribution in [2.75, 3.05) is 6.54 Å². The molecule has 2 nitrogen and oxygen atoms in total. The lowest BCUT2D eigenvalue weighted by molar-refractivity contribution is -0.118. The van der Waals surface area contributed by atoms with Gasteiger partial charge in [0, 0.05) is 25.4 Å². The molecule has 0 heterocycles. The quantitative estimate of drug-likeness (QED) is 0.829. The third kappa shape index (κ3) is 4.61. The van der Waals surface area contributed by atoms with Crippen molar-refractivity contribution >= 4 is 5.78 Å². The summed E-state index contributed by atoms with van der Waals surface area (Å²) in [5.74, 6) is -1.92. The molecule has 94 valence electrons. The first-order valence-corrected chi connectivity index (χ1v) is 5.68. The molecule has 0 amide bonds. The summed E-state index contributed by atoms with van der Waals surface area (Å²) in [6.45, 7) is 4.53. The molecule has 0 saturated carbocycles. The van der Waals surface area contributed by atoms with Crippen LogP contribution in [-0.4, -0.2) is 18.4 Å². The van der Waals surface area contributed by atoms with Crippen LogP contribution in [0.4, 0.5) is 8.78 Å². The van der Waals surface area contributed by atoms with Crippen LogP contribution in [-0.2, 0) is 11.2 Å². The Labute approximate surface area is 100 Å². The van der Waals surface area contributed by atoms with E-state index < -0.39 is 11.6 Å². The Morgan fingerprint density at radius 3 is 2.71 bits per heavy atom. The third-order valence-electron chi connectivity index (χ3n) is 2.38. The molecule has 0 aliphatic rings. The van der Waals surface area contributed by atoms with Gasteiger partial charge in [0.1, 0.15) is 5.78 Å². The fraction of sp³-hybridized carbons (Fsp3) is 0.462. The minimum absolute atomic E-state index is 0.0522. The molecule has 0 bridgehead atoms. The molecule has 0 atom stereocenters. The SMILES string of the molecule is CC(C)NCCC(=O)Cc1cccc(F)c1F. The standard InChI is InChI=1S/C13H17F2NO/c1-9(2)16-7-6-11(17)8-10-4-3-5-12(14)13(10)15/h3-5,9,16H,6-8H2,1-2H3. The number of halogens is 2. The highest BCUT2D eigenvalue weighted by molar-refractivity contribution is 5.81. The van der Waals surface area contributed by atoms with E-state index in [0.717, 1.165) is 6.07 Å². The van der Waals surface area contributed by atoms with E-state index in [1.54, 1.807) is 0 Å². The van der Waals surface area contributed by atoms with Crippen LogP contribution in [0, 0.1) is 11.6 Å². The molecular formula is C13H17F2NO. The van der Waals surface area contributed by atoms with Gasteiger partial charge in [-0.15, -0.1) is 0 Å². The van der Waals surface area contributed by atoms with Crippen LogP contribution in [0.2, 0.25) is 0 Å². The zero-order valence-electron chi connectivity index (χ0n) is 10.1. The zero-order valence-corrected chi connectivity index (χ0v) is 10.1. The van der Waals surface area contributed by atoms with Crippen molar-refractivity contribution in [3.8, 4) is 0 Å². The van der Waals surface area contributed by atoms with Gasteiger partial charge in [0.05, 0.1) is 0 Å². The molecule has 0 radical (unpaired) electrons. The Kier molecular flexibility index (Phi) is 5.22. The molecule has 0 saturated heterocycles. The van der Waals surface area contributed by atoms with E-state index in [4.69, 9.17) is 0 Å². The first-order chi connectivity index (χ1) is 8.00. The van der Waals surface area contributed by atoms with Gasteiger partial charge in [-0.3, -0.25) is 4.79 Å². The number of benzene rings is 1. The smallest absolute Gasteiger partial charge is 0.162 e. The topological polar surface area (TPSA) is 29.1 Å². The Morgan fingerprint density at radius 2 is 2.06 bits per heavy atom. The van der Waals surface area contributed by atoms with Gasteiger partial charge in [-0.1, -0.05) is 26.0 Å². The van der Waals surface area contributed by atoms with Gasteiger partial charge in [-0.25, -0.2) is 8.78 Å². The summed E-state index contributed by atoms with van der Waals surface area (Å²) in [7, 11) is 0. The minimum Gasteiger partial charge on any atom is -0.314 e. The number of carbonyl (C=O) groups excluding carboxylic acids is 1. The lowest BCUT2D eigenvalue weighted by Gasteiger charge is -2.07. The van der Waals surface area contributed by atoms with Crippen LogP contribution in [0.25, 0.3) is 0 Å². The van der Waals surface area contributed by atoms with Gasteiger partial charge in [-0.2, -0.15) is 0 Å². The number of ketones is 1. The highest BCUT2D eigenvalue weighted by atomic mass is 19.2. The Balaban J connectivity index is 2.48. The summed E-state index contributed by atoms with van der Waals surface area (Å²) in [6, 6.07) is 4.21. The van der Waals surface area contributed by atoms with Crippen LogP contribution in [0.1, 0.15) is 25.8 Å². The van der Waals surface area contributed by atoms with Crippen molar-refractivity contribution in [2.24, 2.45) is 0 Å². The molecule has 0 aliphatic carbocycles. The van der Waals surface area contributed by atoms with Crippen molar-refractivity contribution in [3.05, 3.63) is 35.4 Å². The number of nitrogens with one attached hydrogen (secondary N) is 1. The summed E-state index contributed by atoms with van der Waals surface area (Å²) in [4.78, 5) is 11.5. The fourth-order valence-electron chi connectivity index (χ4n) is 1.49. The highest BCUT2D eigenvalue weighted by Gasteiger charge is 2.11. The number of carbonyl (C=O) groups is 1. The zero-order chi connectivity index (χ0) is 12.8. The van der Waals surface area contributed by atoms with Gasteiger partial charge in [0.15, 0.2) is 11.6 Å². The number of hydrogen-bond acceptors (Lipinski definition) is 2. The third-order valence-corrected chi connectivity index (χ3v) is 2.38. The molecule has 17 heavy (non-hydrogen) atoms. The fourth-order valence-corrected chi connectivity index (χ4v) is 1.49. The number of hydrogen-bond donors (Lipinski definition) is 1. The minimum atomic E-state index is -0.919. The Hall–Kier alpha value is -1.29. The summed E-state index contributed by atoms with van der Waals surface area (Å²) in [6.07, 6.45) is 0.275. The Bertz CT molecular complexity index is 391. The van der Waals surface area contributed by atoms with Gasteiger partial charge < -0.3 is 5.32 Å². The molecule has 4 heteroatoms. The van der Waals surface area contributed by atoms with E-state index in [9.17, 15) is 13.6 Å². The average Bonchev–Trinajstić information content (AvgIpc) is 2.24. The number of rotatable bonds is 6. The van der Waals surface area contributed by atoms with Crippen LogP contribution in [0.15, 0.2) is 18.2 Å². The highest BCUT2D eigenvalue weighted by Crippen LogP contribution is 2.12. The summed E-state index contributed by atoms with van der Waals surface area (Å²) in [5.41, 5.74) is 0.125. The van der Waals surface area contributed by atoms with E-state index in [2.05, 4.69) is 5.32 Å². The lowest BCUT2D eigenvalue weighted by atomic mass is 10.1. The predicted molar refractivity (Wildman–Crippen MR) is 62.8 cm³/mol. The van der Waals surface area contributed by atoms with E-state index in [-0.39, 0.29) is 17.8 Å². The molecule has 0 aliphatic heterocycles. The molecule has 1 rings (SSSR count). The molecule has 1 N–H and O–H groups in total. The van der Waals surface area contributed by atoms with E-state index in [0.29, 0.717) is 19.0 Å². The van der Waals surface area contributed by atoms with Crippen molar-refractivity contribution in [1.29, 1.82) is 0 Å². The average molecular weight is 241 g/mol. The number of Topliss-reactive ketones (excluding diaryl/α,β-unsaturated/α-hetero) is 1. The molecule has 1 aromatic carbocycles. The van der Waals surface area contributed by atoms with Crippen molar-refractivity contribution < 1.29 is 13.6 Å². The second kappa shape index (κ2) is 6.45. The van der Waals surface area contributed by atoms with E-state index in [1.807, 2.05) is 13.8 Å². The molecule has 0 unspecified atom stereocenters. The second-order valence-corrected chi connectivity index (χ2v) is 4.29. The normalized spacial score (nSPS) is 10.9. The van der Waals surface area contributed by atoms with E-state index in [1.165, 1.54) is 12.1 Å². The van der Waals surface area contributed by atoms with Crippen molar-refractivity contribution in [1.82, 2.24) is 5.32 Å². The maximum Gasteiger partial charge on any atom is 0.162 e. The first kappa shape index (κ1) is 13.8. The van der Waals surface area contributed by atoms with Gasteiger partial charge >= 0.3 is 0 Å². The van der Waals surface area contributed by atoms with Crippen LogP contribution in [0.3, 0.4) is 0 Å². The largest absolute Gasteiger partial charge is 0.314 e. The van der Waals surface area contributed by atoms with Crippen LogP contribution < -0.4 is 5.32 Å². The summed E-state index contributed by atoms with van der Waals surface area (Å²) >= 11 is 0. The van der Waals surface area contributed by atoms with Gasteiger partial charge in [-0.05, 0) is 11.6 Å².